The maximum atomic E-state index is 12.3. The molecule has 0 fully saturated rings. The van der Waals surface area contributed by atoms with Crippen LogP contribution in [0.3, 0.4) is 0 Å². The van der Waals surface area contributed by atoms with E-state index in [0.717, 1.165) is 11.3 Å². The molecule has 0 aromatic carbocycles. The van der Waals surface area contributed by atoms with Crippen molar-refractivity contribution in [3.63, 3.8) is 0 Å². The highest BCUT2D eigenvalue weighted by Crippen LogP contribution is 2.27. The number of pyridine rings is 1. The van der Waals surface area contributed by atoms with Crippen LogP contribution < -0.4 is 11.3 Å². The summed E-state index contributed by atoms with van der Waals surface area (Å²) in [6.07, 6.45) is 1.98. The molecule has 0 spiro atoms. The first-order valence-corrected chi connectivity index (χ1v) is 6.66. The molecule has 21 heavy (non-hydrogen) atoms. The highest BCUT2D eigenvalue weighted by Gasteiger charge is 2.27. The minimum atomic E-state index is -0.589. The van der Waals surface area contributed by atoms with Crippen molar-refractivity contribution in [2.24, 2.45) is 5.73 Å². The lowest BCUT2D eigenvalue weighted by Gasteiger charge is -2.31. The number of rotatable bonds is 2. The Balaban J connectivity index is 2.14. The molecule has 0 atom stereocenters. The Kier molecular flexibility index (Phi) is 3.02. The van der Waals surface area contributed by atoms with E-state index in [9.17, 15) is 9.59 Å². The minimum Gasteiger partial charge on any atom is -0.370 e. The Morgan fingerprint density at radius 1 is 1.52 bits per heavy atom. The quantitative estimate of drug-likeness (QED) is 0.846. The first kappa shape index (κ1) is 13.7. The molecule has 3 heterocycles. The summed E-state index contributed by atoms with van der Waals surface area (Å²) in [5, 5.41) is 0.376. The number of hydrogen-bond acceptors (Lipinski definition) is 5. The van der Waals surface area contributed by atoms with Gasteiger partial charge in [0.05, 0.1) is 23.3 Å². The lowest BCUT2D eigenvalue weighted by Crippen LogP contribution is -2.33. The van der Waals surface area contributed by atoms with Gasteiger partial charge in [0, 0.05) is 12.0 Å². The van der Waals surface area contributed by atoms with Gasteiger partial charge in [0.25, 0.3) is 5.56 Å². The molecule has 7 nitrogen and oxygen atoms in total. The van der Waals surface area contributed by atoms with E-state index >= 15 is 0 Å². The Morgan fingerprint density at radius 2 is 2.29 bits per heavy atom. The highest BCUT2D eigenvalue weighted by molar-refractivity contribution is 5.76. The normalized spacial score (nSPS) is 16.7. The number of hydrogen-bond donors (Lipinski definition) is 1. The third kappa shape index (κ3) is 2.52. The number of fused-ring (bicyclic) bond motifs is 2. The molecule has 1 aliphatic heterocycles. The fourth-order valence-corrected chi connectivity index (χ4v) is 2.46. The molecule has 2 N–H and O–H groups in total. The molecule has 0 saturated heterocycles. The first-order valence-electron chi connectivity index (χ1n) is 6.66. The summed E-state index contributed by atoms with van der Waals surface area (Å²) in [5.41, 5.74) is 6.70. The van der Waals surface area contributed by atoms with Gasteiger partial charge in [0.1, 0.15) is 12.9 Å². The van der Waals surface area contributed by atoms with Crippen molar-refractivity contribution >= 4 is 16.9 Å². The second kappa shape index (κ2) is 4.63. The fourth-order valence-electron chi connectivity index (χ4n) is 2.46. The van der Waals surface area contributed by atoms with Crippen molar-refractivity contribution in [2.75, 3.05) is 0 Å². The number of nitrogens with two attached hydrogens (primary N) is 1. The second-order valence-corrected chi connectivity index (χ2v) is 5.83. The molecule has 0 unspecified atom stereocenters. The van der Waals surface area contributed by atoms with Crippen LogP contribution in [-0.2, 0) is 29.1 Å². The van der Waals surface area contributed by atoms with Crippen molar-refractivity contribution < 1.29 is 9.53 Å². The summed E-state index contributed by atoms with van der Waals surface area (Å²) in [7, 11) is 0. The number of aromatic nitrogens is 3. The number of ether oxygens (including phenoxy) is 1. The molecule has 2 aromatic rings. The van der Waals surface area contributed by atoms with Crippen LogP contribution in [-0.4, -0.2) is 26.0 Å². The van der Waals surface area contributed by atoms with Crippen molar-refractivity contribution in [2.45, 2.75) is 39.0 Å². The lowest BCUT2D eigenvalue weighted by molar-refractivity contribution is -0.118. The molecule has 1 amide bonds. The van der Waals surface area contributed by atoms with E-state index in [0.29, 0.717) is 24.1 Å². The molecule has 0 radical (unpaired) electrons. The smallest absolute Gasteiger partial charge is 0.263 e. The third-order valence-corrected chi connectivity index (χ3v) is 3.52. The third-order valence-electron chi connectivity index (χ3n) is 3.52. The summed E-state index contributed by atoms with van der Waals surface area (Å²) in [5.74, 6) is -0.589. The zero-order chi connectivity index (χ0) is 15.2. The number of amides is 1. The van der Waals surface area contributed by atoms with E-state index in [2.05, 4.69) is 9.97 Å². The maximum absolute atomic E-state index is 12.3. The molecule has 7 heteroatoms. The molecule has 0 saturated carbocycles. The van der Waals surface area contributed by atoms with E-state index in [1.54, 1.807) is 6.07 Å². The fraction of sp³-hybridized carbons (Fsp3) is 0.429. The molecule has 3 rings (SSSR count). The molecular weight excluding hydrogens is 272 g/mol. The van der Waals surface area contributed by atoms with Gasteiger partial charge in [-0.2, -0.15) is 0 Å². The predicted molar refractivity (Wildman–Crippen MR) is 75.6 cm³/mol. The molecule has 1 aliphatic rings. The Hall–Kier alpha value is -2.28. The van der Waals surface area contributed by atoms with Gasteiger partial charge in [-0.15, -0.1) is 0 Å². The lowest BCUT2D eigenvalue weighted by atomic mass is 9.95. The Morgan fingerprint density at radius 3 is 3.00 bits per heavy atom. The highest BCUT2D eigenvalue weighted by atomic mass is 16.5. The number of nitrogens with zero attached hydrogens (tertiary/aromatic N) is 3. The molecule has 2 aromatic heterocycles. The van der Waals surface area contributed by atoms with E-state index in [4.69, 9.17) is 10.5 Å². The van der Waals surface area contributed by atoms with Crippen LogP contribution in [0.4, 0.5) is 0 Å². The van der Waals surface area contributed by atoms with Crippen LogP contribution in [0.2, 0.25) is 0 Å². The van der Waals surface area contributed by atoms with Gasteiger partial charge in [-0.05, 0) is 19.9 Å². The van der Waals surface area contributed by atoms with Crippen molar-refractivity contribution in [1.82, 2.24) is 14.5 Å². The van der Waals surface area contributed by atoms with Crippen molar-refractivity contribution in [3.05, 3.63) is 34.0 Å². The Labute approximate surface area is 120 Å². The predicted octanol–water partition coefficient (Wildman–Crippen LogP) is 0.128. The van der Waals surface area contributed by atoms with Gasteiger partial charge in [0.15, 0.2) is 5.65 Å². The largest absolute Gasteiger partial charge is 0.370 e. The van der Waals surface area contributed by atoms with Crippen LogP contribution in [0.15, 0.2) is 17.2 Å². The maximum Gasteiger partial charge on any atom is 0.263 e. The van der Waals surface area contributed by atoms with Gasteiger partial charge in [-0.1, -0.05) is 0 Å². The monoisotopic (exact) mass is 288 g/mol. The SMILES string of the molecule is CC1(C)Cc2nc3ncn(CC(N)=O)c(=O)c3cc2CO1. The van der Waals surface area contributed by atoms with Crippen molar-refractivity contribution in [1.29, 1.82) is 0 Å². The van der Waals surface area contributed by atoms with Crippen LogP contribution >= 0.6 is 0 Å². The van der Waals surface area contributed by atoms with Gasteiger partial charge in [0.2, 0.25) is 5.91 Å². The summed E-state index contributed by atoms with van der Waals surface area (Å²) < 4.78 is 6.92. The average Bonchev–Trinajstić information content (AvgIpc) is 2.39. The standard InChI is InChI=1S/C14H16N4O3/c1-14(2)4-10-8(6-21-14)3-9-12(17-10)16-7-18(13(9)20)5-11(15)19/h3,7H,4-6H2,1-2H3,(H2,15,19). The van der Waals surface area contributed by atoms with E-state index in [-0.39, 0.29) is 17.7 Å². The summed E-state index contributed by atoms with van der Waals surface area (Å²) in [6.45, 7) is 4.22. The number of carbonyl (C=O) groups is 1. The van der Waals surface area contributed by atoms with Gasteiger partial charge in [-0.3, -0.25) is 14.2 Å². The topological polar surface area (TPSA) is 100 Å². The van der Waals surface area contributed by atoms with Crippen LogP contribution in [0.5, 0.6) is 0 Å². The Bertz CT molecular complexity index is 795. The zero-order valence-electron chi connectivity index (χ0n) is 11.9. The second-order valence-electron chi connectivity index (χ2n) is 5.83. The minimum absolute atomic E-state index is 0.192. The summed E-state index contributed by atoms with van der Waals surface area (Å²) in [4.78, 5) is 31.9. The average molecular weight is 288 g/mol. The van der Waals surface area contributed by atoms with E-state index in [1.165, 1.54) is 10.9 Å². The van der Waals surface area contributed by atoms with Crippen LogP contribution in [0.25, 0.3) is 11.0 Å². The van der Waals surface area contributed by atoms with Gasteiger partial charge >= 0.3 is 0 Å². The summed E-state index contributed by atoms with van der Waals surface area (Å²) >= 11 is 0. The van der Waals surface area contributed by atoms with Gasteiger partial charge in [-0.25, -0.2) is 9.97 Å². The van der Waals surface area contributed by atoms with E-state index < -0.39 is 5.91 Å². The van der Waals surface area contributed by atoms with Gasteiger partial charge < -0.3 is 10.5 Å². The van der Waals surface area contributed by atoms with Crippen LogP contribution in [0, 0.1) is 0 Å². The molecular formula is C14H16N4O3. The van der Waals surface area contributed by atoms with Crippen LogP contribution in [0.1, 0.15) is 25.1 Å². The van der Waals surface area contributed by atoms with E-state index in [1.807, 2.05) is 13.8 Å². The molecule has 110 valence electrons. The molecule has 0 aliphatic carbocycles. The summed E-state index contributed by atoms with van der Waals surface area (Å²) in [6, 6.07) is 1.75. The zero-order valence-corrected chi connectivity index (χ0v) is 11.9. The number of carbonyl (C=O) groups excluding carboxylic acids is 1. The first-order chi connectivity index (χ1) is 9.85. The number of primary amides is 1. The van der Waals surface area contributed by atoms with Crippen molar-refractivity contribution in [3.8, 4) is 0 Å². The molecule has 0 bridgehead atoms.